The SMILES string of the molecule is CCC(=O)N1c2ccccc2[C@H]2OCC[C@@H]2[C@H]1c1ccco1. The van der Waals surface area contributed by atoms with E-state index >= 15 is 0 Å². The topological polar surface area (TPSA) is 42.7 Å². The van der Waals surface area contributed by atoms with Crippen molar-refractivity contribution in [2.75, 3.05) is 11.5 Å². The number of hydrogen-bond acceptors (Lipinski definition) is 3. The number of rotatable bonds is 2. The normalized spacial score (nSPS) is 26.6. The quantitative estimate of drug-likeness (QED) is 0.845. The summed E-state index contributed by atoms with van der Waals surface area (Å²) in [6.07, 6.45) is 3.14. The molecule has 4 heteroatoms. The van der Waals surface area contributed by atoms with E-state index in [0.717, 1.165) is 30.0 Å². The molecule has 1 amide bonds. The number of carbonyl (C=O) groups excluding carboxylic acids is 1. The molecule has 3 atom stereocenters. The maximum Gasteiger partial charge on any atom is 0.227 e. The van der Waals surface area contributed by atoms with Gasteiger partial charge in [0, 0.05) is 24.5 Å². The van der Waals surface area contributed by atoms with E-state index in [9.17, 15) is 4.79 Å². The summed E-state index contributed by atoms with van der Waals surface area (Å²) in [7, 11) is 0. The summed E-state index contributed by atoms with van der Waals surface area (Å²) in [6, 6.07) is 11.8. The van der Waals surface area contributed by atoms with Gasteiger partial charge in [-0.1, -0.05) is 25.1 Å². The van der Waals surface area contributed by atoms with Crippen LogP contribution in [0.15, 0.2) is 47.1 Å². The van der Waals surface area contributed by atoms with Gasteiger partial charge < -0.3 is 14.1 Å². The number of anilines is 1. The highest BCUT2D eigenvalue weighted by Crippen LogP contribution is 2.53. The van der Waals surface area contributed by atoms with Gasteiger partial charge in [-0.15, -0.1) is 0 Å². The first kappa shape index (κ1) is 13.6. The molecule has 1 fully saturated rings. The lowest BCUT2D eigenvalue weighted by molar-refractivity contribution is -0.119. The van der Waals surface area contributed by atoms with E-state index in [0.29, 0.717) is 6.42 Å². The van der Waals surface area contributed by atoms with E-state index in [1.54, 1.807) is 6.26 Å². The number of amides is 1. The van der Waals surface area contributed by atoms with Crippen LogP contribution < -0.4 is 4.90 Å². The number of furan rings is 1. The first-order valence-electron chi connectivity index (χ1n) is 7.87. The number of hydrogen-bond donors (Lipinski definition) is 0. The number of carbonyl (C=O) groups is 1. The highest BCUT2D eigenvalue weighted by molar-refractivity contribution is 5.95. The Labute approximate surface area is 129 Å². The Balaban J connectivity index is 1.90. The van der Waals surface area contributed by atoms with E-state index in [2.05, 4.69) is 6.07 Å². The molecule has 2 aliphatic rings. The lowest BCUT2D eigenvalue weighted by Crippen LogP contribution is -2.43. The Morgan fingerprint density at radius 3 is 2.91 bits per heavy atom. The summed E-state index contributed by atoms with van der Waals surface area (Å²) in [5.74, 6) is 1.22. The minimum absolute atomic E-state index is 0.0483. The molecule has 22 heavy (non-hydrogen) atoms. The number of benzene rings is 1. The van der Waals surface area contributed by atoms with Crippen LogP contribution in [-0.4, -0.2) is 12.5 Å². The smallest absolute Gasteiger partial charge is 0.227 e. The van der Waals surface area contributed by atoms with E-state index in [-0.39, 0.29) is 24.0 Å². The van der Waals surface area contributed by atoms with Crippen LogP contribution in [0.5, 0.6) is 0 Å². The second-order valence-electron chi connectivity index (χ2n) is 5.88. The Bertz CT molecular complexity index is 679. The Morgan fingerprint density at radius 1 is 1.27 bits per heavy atom. The minimum Gasteiger partial charge on any atom is -0.467 e. The molecule has 0 saturated carbocycles. The highest BCUT2D eigenvalue weighted by atomic mass is 16.5. The van der Waals surface area contributed by atoms with Crippen LogP contribution in [0.1, 0.15) is 43.2 Å². The summed E-state index contributed by atoms with van der Waals surface area (Å²) >= 11 is 0. The molecule has 0 unspecified atom stereocenters. The summed E-state index contributed by atoms with van der Waals surface area (Å²) in [6.45, 7) is 2.64. The average molecular weight is 297 g/mol. The van der Waals surface area contributed by atoms with Crippen molar-refractivity contribution in [3.63, 3.8) is 0 Å². The Morgan fingerprint density at radius 2 is 2.14 bits per heavy atom. The molecule has 1 aromatic heterocycles. The van der Waals surface area contributed by atoms with Crippen molar-refractivity contribution in [1.29, 1.82) is 0 Å². The zero-order valence-corrected chi connectivity index (χ0v) is 12.6. The second kappa shape index (κ2) is 5.29. The van der Waals surface area contributed by atoms with Crippen LogP contribution in [-0.2, 0) is 9.53 Å². The zero-order valence-electron chi connectivity index (χ0n) is 12.6. The molecule has 0 spiro atoms. The van der Waals surface area contributed by atoms with Crippen LogP contribution in [0, 0.1) is 5.92 Å². The van der Waals surface area contributed by atoms with Gasteiger partial charge in [-0.25, -0.2) is 0 Å². The first-order valence-corrected chi connectivity index (χ1v) is 7.87. The van der Waals surface area contributed by atoms with Crippen molar-refractivity contribution in [3.05, 3.63) is 54.0 Å². The van der Waals surface area contributed by atoms with Gasteiger partial charge in [0.2, 0.25) is 5.91 Å². The van der Waals surface area contributed by atoms with Gasteiger partial charge >= 0.3 is 0 Å². The molecule has 4 nitrogen and oxygen atoms in total. The summed E-state index contributed by atoms with van der Waals surface area (Å²) in [4.78, 5) is 14.6. The molecule has 1 saturated heterocycles. The van der Waals surface area contributed by atoms with Crippen molar-refractivity contribution in [1.82, 2.24) is 0 Å². The van der Waals surface area contributed by atoms with Crippen LogP contribution in [0.2, 0.25) is 0 Å². The van der Waals surface area contributed by atoms with Crippen molar-refractivity contribution < 1.29 is 13.9 Å². The Hall–Kier alpha value is -2.07. The summed E-state index contributed by atoms with van der Waals surface area (Å²) < 4.78 is 11.7. The number of fused-ring (bicyclic) bond motifs is 3. The molecule has 0 radical (unpaired) electrons. The average Bonchev–Trinajstić information content (AvgIpc) is 3.24. The maximum atomic E-state index is 12.7. The van der Waals surface area contributed by atoms with Crippen molar-refractivity contribution in [2.45, 2.75) is 31.9 Å². The van der Waals surface area contributed by atoms with Gasteiger partial charge in [0.05, 0.1) is 18.1 Å². The fourth-order valence-electron chi connectivity index (χ4n) is 3.80. The van der Waals surface area contributed by atoms with E-state index in [4.69, 9.17) is 9.15 Å². The second-order valence-corrected chi connectivity index (χ2v) is 5.88. The van der Waals surface area contributed by atoms with Crippen LogP contribution >= 0.6 is 0 Å². The van der Waals surface area contributed by atoms with E-state index in [1.807, 2.05) is 42.2 Å². The van der Waals surface area contributed by atoms with Gasteiger partial charge in [0.25, 0.3) is 0 Å². The molecule has 2 aliphatic heterocycles. The van der Waals surface area contributed by atoms with Crippen molar-refractivity contribution in [3.8, 4) is 0 Å². The monoisotopic (exact) mass is 297 g/mol. The third kappa shape index (κ3) is 1.91. The summed E-state index contributed by atoms with van der Waals surface area (Å²) in [5, 5.41) is 0. The predicted octanol–water partition coefficient (Wildman–Crippen LogP) is 3.86. The molecule has 0 aliphatic carbocycles. The van der Waals surface area contributed by atoms with Gasteiger partial charge in [-0.2, -0.15) is 0 Å². The van der Waals surface area contributed by atoms with Gasteiger partial charge in [0.15, 0.2) is 0 Å². The molecule has 0 bridgehead atoms. The fraction of sp³-hybridized carbons (Fsp3) is 0.389. The molecule has 4 rings (SSSR count). The molecule has 3 heterocycles. The third-order valence-electron chi connectivity index (χ3n) is 4.73. The third-order valence-corrected chi connectivity index (χ3v) is 4.73. The molecular formula is C18H19NO3. The van der Waals surface area contributed by atoms with Gasteiger partial charge in [-0.3, -0.25) is 4.79 Å². The lowest BCUT2D eigenvalue weighted by atomic mass is 9.81. The maximum absolute atomic E-state index is 12.7. The van der Waals surface area contributed by atoms with Crippen LogP contribution in [0.4, 0.5) is 5.69 Å². The molecule has 2 aromatic rings. The van der Waals surface area contributed by atoms with Crippen molar-refractivity contribution in [2.24, 2.45) is 5.92 Å². The van der Waals surface area contributed by atoms with Gasteiger partial charge in [-0.05, 0) is 24.6 Å². The zero-order chi connectivity index (χ0) is 15.1. The standard InChI is InChI=1S/C18H19NO3/c1-2-16(20)19-14-7-4-3-6-12(14)18-13(9-11-22-18)17(19)15-8-5-10-21-15/h3-8,10,13,17-18H,2,9,11H2,1H3/t13-,17+,18-/m1/s1. The molecule has 0 N–H and O–H groups in total. The molecule has 1 aromatic carbocycles. The number of nitrogens with zero attached hydrogens (tertiary/aromatic N) is 1. The largest absolute Gasteiger partial charge is 0.467 e. The van der Waals surface area contributed by atoms with Crippen LogP contribution in [0.3, 0.4) is 0 Å². The van der Waals surface area contributed by atoms with E-state index in [1.165, 1.54) is 0 Å². The lowest BCUT2D eigenvalue weighted by Gasteiger charge is -2.42. The fourth-order valence-corrected chi connectivity index (χ4v) is 3.80. The van der Waals surface area contributed by atoms with E-state index < -0.39 is 0 Å². The Kier molecular flexibility index (Phi) is 3.26. The predicted molar refractivity (Wildman–Crippen MR) is 82.5 cm³/mol. The van der Waals surface area contributed by atoms with Gasteiger partial charge in [0.1, 0.15) is 11.8 Å². The first-order chi connectivity index (χ1) is 10.8. The summed E-state index contributed by atoms with van der Waals surface area (Å²) in [5.41, 5.74) is 2.08. The molecule has 114 valence electrons. The van der Waals surface area contributed by atoms with Crippen LogP contribution in [0.25, 0.3) is 0 Å². The van der Waals surface area contributed by atoms with Crippen molar-refractivity contribution >= 4 is 11.6 Å². The number of ether oxygens (including phenoxy) is 1. The number of para-hydroxylation sites is 1. The minimum atomic E-state index is -0.0788. The highest BCUT2D eigenvalue weighted by Gasteiger charge is 2.47. The molecular weight excluding hydrogens is 278 g/mol.